The predicted octanol–water partition coefficient (Wildman–Crippen LogP) is 4.98. The Labute approximate surface area is 174 Å². The van der Waals surface area contributed by atoms with Crippen molar-refractivity contribution in [3.05, 3.63) is 101 Å². The molecule has 0 radical (unpaired) electrons. The molecular weight excluding hydrogens is 381 g/mol. The minimum Gasteiger partial charge on any atom is -0.508 e. The summed E-state index contributed by atoms with van der Waals surface area (Å²) in [4.78, 5) is 13.0. The molecule has 1 unspecified atom stereocenters. The molecule has 1 aliphatic rings. The smallest absolute Gasteiger partial charge is 0.328 e. The van der Waals surface area contributed by atoms with E-state index in [2.05, 4.69) is 4.90 Å². The summed E-state index contributed by atoms with van der Waals surface area (Å²) < 4.78 is 13.4. The van der Waals surface area contributed by atoms with Crippen molar-refractivity contribution in [1.29, 1.82) is 0 Å². The monoisotopic (exact) mass is 403 g/mol. The number of rotatable bonds is 5. The second kappa shape index (κ2) is 8.41. The third-order valence-corrected chi connectivity index (χ3v) is 5.47. The number of benzene rings is 3. The van der Waals surface area contributed by atoms with Crippen LogP contribution in [0, 0.1) is 5.82 Å². The normalized spacial score (nSPS) is 15.9. The number of hydrogen-bond acceptors (Lipinski definition) is 3. The minimum atomic E-state index is -0.976. The van der Waals surface area contributed by atoms with E-state index >= 15 is 0 Å². The second-order valence-electron chi connectivity index (χ2n) is 7.44. The molecule has 5 heteroatoms. The second-order valence-corrected chi connectivity index (χ2v) is 7.44. The van der Waals surface area contributed by atoms with Crippen LogP contribution < -0.4 is 4.90 Å². The molecule has 1 atom stereocenters. The van der Waals surface area contributed by atoms with E-state index in [1.807, 2.05) is 36.4 Å². The van der Waals surface area contributed by atoms with E-state index in [-0.39, 0.29) is 17.6 Å². The lowest BCUT2D eigenvalue weighted by molar-refractivity contribution is -0.131. The average molecular weight is 403 g/mol. The number of anilines is 1. The SMILES string of the molecule is O=C(O)/C=C/c1ccc(CC2c3ccc(O)cc3CCN2c2ccc(F)cc2)cc1. The van der Waals surface area contributed by atoms with Gasteiger partial charge < -0.3 is 15.1 Å². The summed E-state index contributed by atoms with van der Waals surface area (Å²) in [6.45, 7) is 0.770. The van der Waals surface area contributed by atoms with Gasteiger partial charge in [0.1, 0.15) is 11.6 Å². The molecule has 30 heavy (non-hydrogen) atoms. The third kappa shape index (κ3) is 4.35. The molecule has 0 amide bonds. The number of phenols is 1. The van der Waals surface area contributed by atoms with Crippen LogP contribution >= 0.6 is 0 Å². The number of hydrogen-bond donors (Lipinski definition) is 2. The van der Waals surface area contributed by atoms with Gasteiger partial charge in [0, 0.05) is 18.3 Å². The Hall–Kier alpha value is -3.60. The van der Waals surface area contributed by atoms with Crippen molar-refractivity contribution in [2.45, 2.75) is 18.9 Å². The number of nitrogens with zero attached hydrogens (tertiary/aromatic N) is 1. The first-order valence-corrected chi connectivity index (χ1v) is 9.83. The van der Waals surface area contributed by atoms with Gasteiger partial charge in [0.2, 0.25) is 0 Å². The number of carboxylic acid groups (broad SMARTS) is 1. The summed E-state index contributed by atoms with van der Waals surface area (Å²) in [7, 11) is 0. The molecule has 0 bridgehead atoms. The van der Waals surface area contributed by atoms with E-state index in [9.17, 15) is 14.3 Å². The van der Waals surface area contributed by atoms with Crippen molar-refractivity contribution in [3.8, 4) is 5.75 Å². The van der Waals surface area contributed by atoms with Gasteiger partial charge in [-0.15, -0.1) is 0 Å². The third-order valence-electron chi connectivity index (χ3n) is 5.47. The average Bonchev–Trinajstić information content (AvgIpc) is 2.74. The van der Waals surface area contributed by atoms with Gasteiger partial charge in [-0.05, 0) is 77.6 Å². The van der Waals surface area contributed by atoms with Crippen LogP contribution in [0.3, 0.4) is 0 Å². The molecule has 4 rings (SSSR count). The molecule has 152 valence electrons. The number of halogens is 1. The molecule has 0 saturated carbocycles. The fourth-order valence-electron chi connectivity index (χ4n) is 4.02. The van der Waals surface area contributed by atoms with Gasteiger partial charge >= 0.3 is 5.97 Å². The van der Waals surface area contributed by atoms with Crippen LogP contribution in [0.4, 0.5) is 10.1 Å². The highest BCUT2D eigenvalue weighted by Crippen LogP contribution is 2.37. The molecule has 3 aromatic rings. The molecule has 0 aliphatic carbocycles. The lowest BCUT2D eigenvalue weighted by atomic mass is 9.88. The zero-order chi connectivity index (χ0) is 21.1. The largest absolute Gasteiger partial charge is 0.508 e. The van der Waals surface area contributed by atoms with E-state index in [1.54, 1.807) is 24.3 Å². The van der Waals surface area contributed by atoms with E-state index < -0.39 is 5.97 Å². The maximum Gasteiger partial charge on any atom is 0.328 e. The zero-order valence-corrected chi connectivity index (χ0v) is 16.3. The molecule has 1 heterocycles. The van der Waals surface area contributed by atoms with Gasteiger partial charge in [0.05, 0.1) is 6.04 Å². The molecule has 3 aromatic carbocycles. The topological polar surface area (TPSA) is 60.8 Å². The molecule has 0 saturated heterocycles. The molecule has 0 fully saturated rings. The van der Waals surface area contributed by atoms with Crippen LogP contribution in [0.5, 0.6) is 5.75 Å². The first kappa shape index (κ1) is 19.7. The summed E-state index contributed by atoms with van der Waals surface area (Å²) in [5.41, 5.74) is 5.17. The van der Waals surface area contributed by atoms with Crippen molar-refractivity contribution in [1.82, 2.24) is 0 Å². The Morgan fingerprint density at radius 1 is 1.07 bits per heavy atom. The zero-order valence-electron chi connectivity index (χ0n) is 16.3. The highest BCUT2D eigenvalue weighted by molar-refractivity contribution is 5.85. The Kier molecular flexibility index (Phi) is 5.53. The van der Waals surface area contributed by atoms with Crippen molar-refractivity contribution in [2.75, 3.05) is 11.4 Å². The summed E-state index contributed by atoms with van der Waals surface area (Å²) in [6.07, 6.45) is 4.22. The van der Waals surface area contributed by atoms with Crippen molar-refractivity contribution in [3.63, 3.8) is 0 Å². The fourth-order valence-corrected chi connectivity index (χ4v) is 4.02. The van der Waals surface area contributed by atoms with Crippen LogP contribution in [0.1, 0.15) is 28.3 Å². The van der Waals surface area contributed by atoms with Crippen LogP contribution in [-0.2, 0) is 17.6 Å². The van der Waals surface area contributed by atoms with Crippen LogP contribution in [-0.4, -0.2) is 22.7 Å². The first-order valence-electron chi connectivity index (χ1n) is 9.83. The van der Waals surface area contributed by atoms with Crippen LogP contribution in [0.15, 0.2) is 72.8 Å². The van der Waals surface area contributed by atoms with E-state index in [4.69, 9.17) is 5.11 Å². The van der Waals surface area contributed by atoms with E-state index in [0.717, 1.165) is 53.4 Å². The summed E-state index contributed by atoms with van der Waals surface area (Å²) >= 11 is 0. The van der Waals surface area contributed by atoms with Gasteiger partial charge in [-0.2, -0.15) is 0 Å². The van der Waals surface area contributed by atoms with Gasteiger partial charge in [0.15, 0.2) is 0 Å². The predicted molar refractivity (Wildman–Crippen MR) is 115 cm³/mol. The molecule has 4 nitrogen and oxygen atoms in total. The molecular formula is C25H22FNO3. The standard InChI is InChI=1S/C25H22FNO3/c26-20-6-8-21(9-7-20)27-14-13-19-16-22(28)10-11-23(19)24(27)15-18-3-1-17(2-4-18)5-12-25(29)30/h1-12,16,24,28H,13-15H2,(H,29,30)/b12-5+. The van der Waals surface area contributed by atoms with Crippen LogP contribution in [0.2, 0.25) is 0 Å². The van der Waals surface area contributed by atoms with E-state index in [0.29, 0.717) is 0 Å². The molecule has 1 aliphatic heterocycles. The summed E-state index contributed by atoms with van der Waals surface area (Å²) in [5, 5.41) is 18.7. The molecule has 0 aromatic heterocycles. The van der Waals surface area contributed by atoms with E-state index in [1.165, 1.54) is 12.1 Å². The lowest BCUT2D eigenvalue weighted by Crippen LogP contribution is -2.36. The maximum absolute atomic E-state index is 13.4. The minimum absolute atomic E-state index is 0.0419. The Balaban J connectivity index is 1.65. The number of carboxylic acids is 1. The highest BCUT2D eigenvalue weighted by atomic mass is 19.1. The summed E-state index contributed by atoms with van der Waals surface area (Å²) in [6, 6.07) is 19.9. The van der Waals surface area contributed by atoms with Gasteiger partial charge in [0.25, 0.3) is 0 Å². The van der Waals surface area contributed by atoms with Gasteiger partial charge in [-0.1, -0.05) is 30.3 Å². The van der Waals surface area contributed by atoms with Gasteiger partial charge in [-0.25, -0.2) is 9.18 Å². The fraction of sp³-hybridized carbons (Fsp3) is 0.160. The maximum atomic E-state index is 13.4. The quantitative estimate of drug-likeness (QED) is 0.590. The number of aromatic hydroxyl groups is 1. The molecule has 0 spiro atoms. The number of aliphatic carboxylic acids is 1. The summed E-state index contributed by atoms with van der Waals surface area (Å²) in [5.74, 6) is -0.976. The Morgan fingerprint density at radius 2 is 1.80 bits per heavy atom. The lowest BCUT2D eigenvalue weighted by Gasteiger charge is -2.39. The highest BCUT2D eigenvalue weighted by Gasteiger charge is 2.28. The first-order chi connectivity index (χ1) is 14.5. The number of carbonyl (C=O) groups is 1. The Morgan fingerprint density at radius 3 is 2.50 bits per heavy atom. The van der Waals surface area contributed by atoms with Gasteiger partial charge in [-0.3, -0.25) is 0 Å². The Bertz CT molecular complexity index is 1070. The number of phenolic OH excluding ortho intramolecular Hbond substituents is 1. The van der Waals surface area contributed by atoms with Crippen LogP contribution in [0.25, 0.3) is 6.08 Å². The van der Waals surface area contributed by atoms with Crippen molar-refractivity contribution in [2.24, 2.45) is 0 Å². The number of fused-ring (bicyclic) bond motifs is 1. The molecule has 2 N–H and O–H groups in total. The van der Waals surface area contributed by atoms with Crippen molar-refractivity contribution < 1.29 is 19.4 Å². The van der Waals surface area contributed by atoms with Crippen molar-refractivity contribution >= 4 is 17.7 Å².